The van der Waals surface area contributed by atoms with E-state index in [0.717, 1.165) is 33.6 Å². The van der Waals surface area contributed by atoms with Gasteiger partial charge in [-0.15, -0.1) is 21.5 Å². The van der Waals surface area contributed by atoms with E-state index in [0.29, 0.717) is 0 Å². The highest BCUT2D eigenvalue weighted by Crippen LogP contribution is 2.64. The molecule has 0 fully saturated rings. The van der Waals surface area contributed by atoms with Crippen molar-refractivity contribution < 1.29 is 0 Å². The van der Waals surface area contributed by atoms with E-state index in [1.165, 1.54) is 74.5 Å². The number of hydrogen-bond acceptors (Lipinski definition) is 4. The minimum atomic E-state index is -0.517. The standard InChI is InChI=1S/C53H32N2S2/c1-3-15-33(16-4-1)47-32-42(50(55-54-47)34-17-5-2-6-18-34)41-24-14-27-46-52(41)57-49-31-35(36-22-13-23-40-39-21-9-12-28-48(39)56-51(36)40)29-30-45(49)53(46)43-25-10-7-19-37(43)38-20-8-11-26-44(38)53/h1-32H. The van der Waals surface area contributed by atoms with Gasteiger partial charge in [0, 0.05) is 46.7 Å². The second-order valence-electron chi connectivity index (χ2n) is 14.8. The SMILES string of the molecule is c1ccc(-c2cc(-c3cccc4c3Sc3cc(-c5cccc6c5sc5ccccc56)ccc3C43c4ccccc4-c4ccccc43)c(-c3ccccc3)nn2)cc1. The fraction of sp³-hybridized carbons (Fsp3) is 0.0189. The number of nitrogens with zero attached hydrogens (tertiary/aromatic N) is 2. The van der Waals surface area contributed by atoms with Crippen molar-refractivity contribution in [3.05, 3.63) is 216 Å². The Balaban J connectivity index is 1.16. The van der Waals surface area contributed by atoms with E-state index >= 15 is 0 Å². The Morgan fingerprint density at radius 1 is 0.386 bits per heavy atom. The lowest BCUT2D eigenvalue weighted by Gasteiger charge is -2.40. The summed E-state index contributed by atoms with van der Waals surface area (Å²) in [6.45, 7) is 0. The van der Waals surface area contributed by atoms with Crippen molar-refractivity contribution in [3.8, 4) is 55.9 Å². The molecular weight excluding hydrogens is 729 g/mol. The predicted molar refractivity (Wildman–Crippen MR) is 238 cm³/mol. The Bertz CT molecular complexity index is 3170. The summed E-state index contributed by atoms with van der Waals surface area (Å²) in [5.74, 6) is 0. The molecule has 0 unspecified atom stereocenters. The lowest BCUT2D eigenvalue weighted by molar-refractivity contribution is 0.723. The molecule has 0 radical (unpaired) electrons. The van der Waals surface area contributed by atoms with Crippen LogP contribution < -0.4 is 0 Å². The van der Waals surface area contributed by atoms with Crippen molar-refractivity contribution in [3.63, 3.8) is 0 Å². The third-order valence-electron chi connectivity index (χ3n) is 11.9. The van der Waals surface area contributed by atoms with Gasteiger partial charge in [0.2, 0.25) is 0 Å². The molecule has 0 amide bonds. The van der Waals surface area contributed by atoms with Crippen molar-refractivity contribution >= 4 is 43.3 Å². The van der Waals surface area contributed by atoms with Crippen molar-refractivity contribution in [2.45, 2.75) is 15.2 Å². The molecule has 2 aliphatic rings. The first kappa shape index (κ1) is 32.6. The quantitative estimate of drug-likeness (QED) is 0.179. The van der Waals surface area contributed by atoms with Crippen LogP contribution in [-0.4, -0.2) is 10.2 Å². The highest BCUT2D eigenvalue weighted by molar-refractivity contribution is 7.99. The average Bonchev–Trinajstić information content (AvgIpc) is 3.81. The molecule has 0 saturated heterocycles. The largest absolute Gasteiger partial charge is 0.150 e. The molecule has 57 heavy (non-hydrogen) atoms. The van der Waals surface area contributed by atoms with E-state index in [1.54, 1.807) is 0 Å². The van der Waals surface area contributed by atoms with Gasteiger partial charge < -0.3 is 0 Å². The maximum atomic E-state index is 5.00. The summed E-state index contributed by atoms with van der Waals surface area (Å²) >= 11 is 3.78. The minimum absolute atomic E-state index is 0.517. The molecule has 1 aliphatic heterocycles. The van der Waals surface area contributed by atoms with Crippen LogP contribution in [0.2, 0.25) is 0 Å². The number of benzene rings is 8. The number of aromatic nitrogens is 2. The second kappa shape index (κ2) is 12.7. The van der Waals surface area contributed by atoms with E-state index in [-0.39, 0.29) is 0 Å². The molecule has 3 heterocycles. The Morgan fingerprint density at radius 2 is 1.00 bits per heavy atom. The molecular formula is C53H32N2S2. The number of thiophene rings is 1. The van der Waals surface area contributed by atoms with Gasteiger partial charge in [-0.1, -0.05) is 188 Å². The average molecular weight is 761 g/mol. The molecule has 1 aliphatic carbocycles. The lowest BCUT2D eigenvalue weighted by atomic mass is 9.66. The van der Waals surface area contributed by atoms with Gasteiger partial charge >= 0.3 is 0 Å². The molecule has 4 heteroatoms. The van der Waals surface area contributed by atoms with Crippen LogP contribution in [0.3, 0.4) is 0 Å². The first-order valence-corrected chi connectivity index (χ1v) is 21.0. The number of hydrogen-bond donors (Lipinski definition) is 0. The van der Waals surface area contributed by atoms with Gasteiger partial charge in [0.25, 0.3) is 0 Å². The molecule has 0 saturated carbocycles. The highest BCUT2D eigenvalue weighted by Gasteiger charge is 2.50. The number of fused-ring (bicyclic) bond motifs is 12. The topological polar surface area (TPSA) is 25.8 Å². The molecule has 0 atom stereocenters. The Hall–Kier alpha value is -6.59. The zero-order chi connectivity index (χ0) is 37.5. The van der Waals surface area contributed by atoms with E-state index in [4.69, 9.17) is 10.2 Å². The molecule has 266 valence electrons. The van der Waals surface area contributed by atoms with Crippen LogP contribution in [0.15, 0.2) is 204 Å². The van der Waals surface area contributed by atoms with Gasteiger partial charge in [0.1, 0.15) is 5.69 Å². The second-order valence-corrected chi connectivity index (χ2v) is 16.9. The van der Waals surface area contributed by atoms with Crippen LogP contribution in [0.25, 0.3) is 76.1 Å². The Morgan fingerprint density at radius 3 is 1.79 bits per heavy atom. The summed E-state index contributed by atoms with van der Waals surface area (Å²) in [4.78, 5) is 2.52. The molecule has 0 bridgehead atoms. The Kier molecular flexibility index (Phi) is 7.28. The van der Waals surface area contributed by atoms with Crippen LogP contribution in [-0.2, 0) is 5.41 Å². The molecule has 2 aromatic heterocycles. The van der Waals surface area contributed by atoms with Crippen LogP contribution in [0.5, 0.6) is 0 Å². The number of rotatable bonds is 4. The maximum Gasteiger partial charge on any atom is 0.101 e. The molecule has 0 N–H and O–H groups in total. The van der Waals surface area contributed by atoms with Gasteiger partial charge in [-0.2, -0.15) is 0 Å². The van der Waals surface area contributed by atoms with Crippen molar-refractivity contribution in [2.75, 3.05) is 0 Å². The summed E-state index contributed by atoms with van der Waals surface area (Å²) in [5, 5.41) is 12.5. The normalized spacial score (nSPS) is 13.3. The van der Waals surface area contributed by atoms with E-state index in [9.17, 15) is 0 Å². The fourth-order valence-electron chi connectivity index (χ4n) is 9.44. The monoisotopic (exact) mass is 760 g/mol. The summed E-state index contributed by atoms with van der Waals surface area (Å²) < 4.78 is 2.65. The summed E-state index contributed by atoms with van der Waals surface area (Å²) in [5.41, 5.74) is 15.9. The zero-order valence-corrected chi connectivity index (χ0v) is 32.3. The maximum absolute atomic E-state index is 5.00. The third-order valence-corrected chi connectivity index (χ3v) is 14.3. The molecule has 8 aromatic carbocycles. The predicted octanol–water partition coefficient (Wildman–Crippen LogP) is 14.3. The smallest absolute Gasteiger partial charge is 0.101 e. The zero-order valence-electron chi connectivity index (χ0n) is 30.7. The van der Waals surface area contributed by atoms with Crippen LogP contribution >= 0.6 is 23.1 Å². The summed E-state index contributed by atoms with van der Waals surface area (Å²) in [6.07, 6.45) is 0. The minimum Gasteiger partial charge on any atom is -0.150 e. The van der Waals surface area contributed by atoms with Gasteiger partial charge in [0.05, 0.1) is 11.1 Å². The van der Waals surface area contributed by atoms with Gasteiger partial charge in [0.15, 0.2) is 0 Å². The van der Waals surface area contributed by atoms with Crippen LogP contribution in [0, 0.1) is 0 Å². The summed E-state index contributed by atoms with van der Waals surface area (Å²) in [7, 11) is 0. The fourth-order valence-corrected chi connectivity index (χ4v) is 12.0. The van der Waals surface area contributed by atoms with Gasteiger partial charge in [-0.05, 0) is 68.3 Å². The van der Waals surface area contributed by atoms with Gasteiger partial charge in [-0.3, -0.25) is 0 Å². The van der Waals surface area contributed by atoms with E-state index < -0.39 is 5.41 Å². The van der Waals surface area contributed by atoms with Crippen LogP contribution in [0.4, 0.5) is 0 Å². The van der Waals surface area contributed by atoms with Crippen molar-refractivity contribution in [1.82, 2.24) is 10.2 Å². The third kappa shape index (κ3) is 4.78. The van der Waals surface area contributed by atoms with Crippen LogP contribution in [0.1, 0.15) is 22.3 Å². The molecule has 2 nitrogen and oxygen atoms in total. The van der Waals surface area contributed by atoms with E-state index in [1.807, 2.05) is 29.2 Å². The molecule has 10 aromatic rings. The lowest BCUT2D eigenvalue weighted by Crippen LogP contribution is -2.32. The van der Waals surface area contributed by atoms with Gasteiger partial charge in [-0.25, -0.2) is 0 Å². The molecule has 1 spiro atoms. The van der Waals surface area contributed by atoms with E-state index in [2.05, 4.69) is 188 Å². The van der Waals surface area contributed by atoms with Crippen molar-refractivity contribution in [2.24, 2.45) is 0 Å². The Labute approximate surface area is 339 Å². The summed E-state index contributed by atoms with van der Waals surface area (Å²) in [6, 6.07) is 71.0. The van der Waals surface area contributed by atoms with Crippen molar-refractivity contribution in [1.29, 1.82) is 0 Å². The highest BCUT2D eigenvalue weighted by atomic mass is 32.2. The first-order chi connectivity index (χ1) is 28.3. The first-order valence-electron chi connectivity index (χ1n) is 19.3. The molecule has 12 rings (SSSR count).